The fourth-order valence-electron chi connectivity index (χ4n) is 2.66. The molecule has 0 aliphatic heterocycles. The first-order valence-electron chi connectivity index (χ1n) is 5.85. The van der Waals surface area contributed by atoms with Crippen LogP contribution in [0.2, 0.25) is 0 Å². The predicted octanol–water partition coefficient (Wildman–Crippen LogP) is 2.56. The fourth-order valence-corrected chi connectivity index (χ4v) is 2.66. The first-order valence-corrected chi connectivity index (χ1v) is 5.85. The highest BCUT2D eigenvalue weighted by molar-refractivity contribution is 5.88. The summed E-state index contributed by atoms with van der Waals surface area (Å²) in [5.41, 5.74) is -2.50. The van der Waals surface area contributed by atoms with Crippen LogP contribution in [-0.4, -0.2) is 22.2 Å². The van der Waals surface area contributed by atoms with Crippen molar-refractivity contribution in [1.82, 2.24) is 0 Å². The molecule has 1 saturated carbocycles. The number of halogens is 2. The van der Waals surface area contributed by atoms with Crippen molar-refractivity contribution in [3.63, 3.8) is 0 Å². The summed E-state index contributed by atoms with van der Waals surface area (Å²) in [5.74, 6) is -5.66. The fraction of sp³-hybridized carbons (Fsp3) is 0.385. The van der Waals surface area contributed by atoms with Crippen molar-refractivity contribution >= 4 is 11.9 Å². The van der Waals surface area contributed by atoms with E-state index in [9.17, 15) is 23.5 Å². The van der Waals surface area contributed by atoms with Crippen LogP contribution in [0.1, 0.15) is 41.6 Å². The monoisotopic (exact) mass is 270 g/mol. The van der Waals surface area contributed by atoms with Crippen molar-refractivity contribution in [2.24, 2.45) is 0 Å². The molecule has 0 amide bonds. The van der Waals surface area contributed by atoms with E-state index in [4.69, 9.17) is 5.11 Å². The van der Waals surface area contributed by atoms with Crippen molar-refractivity contribution in [2.75, 3.05) is 0 Å². The number of hydrogen-bond donors (Lipinski definition) is 2. The zero-order valence-corrected chi connectivity index (χ0v) is 9.95. The van der Waals surface area contributed by atoms with Crippen molar-refractivity contribution in [3.8, 4) is 0 Å². The number of hydrogen-bond acceptors (Lipinski definition) is 2. The standard InChI is InChI=1S/C13H12F2O4/c14-9-7(11(16)17)3-4-8(10(9)15)13(12(18)19)5-1-2-6-13/h3-4H,1-2,5-6H2,(H,16,17)(H,18,19). The first kappa shape index (κ1) is 13.5. The number of benzene rings is 1. The summed E-state index contributed by atoms with van der Waals surface area (Å²) >= 11 is 0. The van der Waals surface area contributed by atoms with Crippen molar-refractivity contribution in [3.05, 3.63) is 34.9 Å². The van der Waals surface area contributed by atoms with Gasteiger partial charge in [-0.05, 0) is 18.9 Å². The lowest BCUT2D eigenvalue weighted by molar-refractivity contribution is -0.143. The molecule has 0 unspecified atom stereocenters. The summed E-state index contributed by atoms with van der Waals surface area (Å²) in [6, 6.07) is 1.99. The lowest BCUT2D eigenvalue weighted by Gasteiger charge is -2.25. The summed E-state index contributed by atoms with van der Waals surface area (Å²) in [5, 5.41) is 18.0. The van der Waals surface area contributed by atoms with Gasteiger partial charge in [0.15, 0.2) is 11.6 Å². The second-order valence-electron chi connectivity index (χ2n) is 4.69. The van der Waals surface area contributed by atoms with Crippen LogP contribution in [0, 0.1) is 11.6 Å². The second-order valence-corrected chi connectivity index (χ2v) is 4.69. The molecule has 2 N–H and O–H groups in total. The molecule has 102 valence electrons. The number of aromatic carboxylic acids is 1. The third kappa shape index (κ3) is 1.97. The molecule has 0 saturated heterocycles. The van der Waals surface area contributed by atoms with Crippen molar-refractivity contribution < 1.29 is 28.6 Å². The van der Waals surface area contributed by atoms with E-state index >= 15 is 0 Å². The van der Waals surface area contributed by atoms with Crippen LogP contribution in [0.5, 0.6) is 0 Å². The Morgan fingerprint density at radius 3 is 2.11 bits per heavy atom. The molecule has 0 bridgehead atoms. The van der Waals surface area contributed by atoms with Gasteiger partial charge in [0.05, 0.1) is 11.0 Å². The van der Waals surface area contributed by atoms with E-state index in [2.05, 4.69) is 0 Å². The van der Waals surface area contributed by atoms with Crippen LogP contribution in [0.15, 0.2) is 12.1 Å². The van der Waals surface area contributed by atoms with Gasteiger partial charge >= 0.3 is 11.9 Å². The molecule has 1 aromatic carbocycles. The molecule has 1 aliphatic carbocycles. The topological polar surface area (TPSA) is 74.6 Å². The molecule has 4 nitrogen and oxygen atoms in total. The molecule has 19 heavy (non-hydrogen) atoms. The van der Waals surface area contributed by atoms with Gasteiger partial charge in [0, 0.05) is 5.56 Å². The van der Waals surface area contributed by atoms with Crippen molar-refractivity contribution in [2.45, 2.75) is 31.1 Å². The molecule has 0 atom stereocenters. The van der Waals surface area contributed by atoms with Crippen LogP contribution in [0.3, 0.4) is 0 Å². The minimum atomic E-state index is -1.58. The van der Waals surface area contributed by atoms with Crippen LogP contribution < -0.4 is 0 Å². The van der Waals surface area contributed by atoms with E-state index in [-0.39, 0.29) is 18.4 Å². The zero-order valence-electron chi connectivity index (χ0n) is 9.95. The molecular formula is C13H12F2O4. The highest BCUT2D eigenvalue weighted by atomic mass is 19.2. The van der Waals surface area contributed by atoms with E-state index < -0.39 is 34.6 Å². The van der Waals surface area contributed by atoms with Gasteiger partial charge in [0.25, 0.3) is 0 Å². The van der Waals surface area contributed by atoms with Gasteiger partial charge in [-0.15, -0.1) is 0 Å². The third-order valence-corrected chi connectivity index (χ3v) is 3.69. The molecule has 0 radical (unpaired) electrons. The molecular weight excluding hydrogens is 258 g/mol. The van der Waals surface area contributed by atoms with Gasteiger partial charge in [0.2, 0.25) is 0 Å². The number of aliphatic carboxylic acids is 1. The summed E-state index contributed by atoms with van der Waals surface area (Å²) in [6.45, 7) is 0. The molecule has 1 fully saturated rings. The Kier molecular flexibility index (Phi) is 3.26. The second kappa shape index (κ2) is 4.60. The van der Waals surface area contributed by atoms with Gasteiger partial charge in [-0.25, -0.2) is 13.6 Å². The largest absolute Gasteiger partial charge is 0.481 e. The van der Waals surface area contributed by atoms with E-state index in [1.165, 1.54) is 0 Å². The normalized spacial score (nSPS) is 17.4. The summed E-state index contributed by atoms with van der Waals surface area (Å²) in [4.78, 5) is 22.1. The molecule has 0 aromatic heterocycles. The molecule has 0 heterocycles. The maximum absolute atomic E-state index is 14.0. The van der Waals surface area contributed by atoms with E-state index in [1.54, 1.807) is 0 Å². The van der Waals surface area contributed by atoms with Gasteiger partial charge in [-0.2, -0.15) is 0 Å². The lowest BCUT2D eigenvalue weighted by atomic mass is 9.78. The zero-order chi connectivity index (χ0) is 14.2. The lowest BCUT2D eigenvalue weighted by Crippen LogP contribution is -2.34. The third-order valence-electron chi connectivity index (χ3n) is 3.69. The Hall–Kier alpha value is -1.98. The number of rotatable bonds is 3. The summed E-state index contributed by atoms with van der Waals surface area (Å²) < 4.78 is 27.6. The SMILES string of the molecule is O=C(O)c1ccc(C2(C(=O)O)CCCC2)c(F)c1F. The summed E-state index contributed by atoms with van der Waals surface area (Å²) in [6.07, 6.45) is 1.69. The van der Waals surface area contributed by atoms with Crippen LogP contribution in [0.4, 0.5) is 8.78 Å². The quantitative estimate of drug-likeness (QED) is 0.885. The van der Waals surface area contributed by atoms with Crippen LogP contribution in [0.25, 0.3) is 0 Å². The summed E-state index contributed by atoms with van der Waals surface area (Å²) in [7, 11) is 0. The average Bonchev–Trinajstić information content (AvgIpc) is 2.82. The van der Waals surface area contributed by atoms with Gasteiger partial charge in [0.1, 0.15) is 0 Å². The van der Waals surface area contributed by atoms with Crippen LogP contribution >= 0.6 is 0 Å². The van der Waals surface area contributed by atoms with E-state index in [0.717, 1.165) is 12.1 Å². The average molecular weight is 270 g/mol. The Labute approximate surface area is 107 Å². The van der Waals surface area contributed by atoms with Crippen molar-refractivity contribution in [1.29, 1.82) is 0 Å². The number of carboxylic acid groups (broad SMARTS) is 2. The molecule has 0 spiro atoms. The highest BCUT2D eigenvalue weighted by Gasteiger charge is 2.45. The first-order chi connectivity index (χ1) is 8.90. The Morgan fingerprint density at radius 1 is 1.05 bits per heavy atom. The Balaban J connectivity index is 2.60. The van der Waals surface area contributed by atoms with Crippen LogP contribution in [-0.2, 0) is 10.2 Å². The molecule has 1 aromatic rings. The predicted molar refractivity (Wildman–Crippen MR) is 61.1 cm³/mol. The minimum absolute atomic E-state index is 0.227. The Bertz CT molecular complexity index is 548. The smallest absolute Gasteiger partial charge is 0.338 e. The number of carbonyl (C=O) groups is 2. The van der Waals surface area contributed by atoms with Gasteiger partial charge < -0.3 is 10.2 Å². The maximum Gasteiger partial charge on any atom is 0.338 e. The number of carboxylic acids is 2. The van der Waals surface area contributed by atoms with E-state index in [1.807, 2.05) is 0 Å². The van der Waals surface area contributed by atoms with Gasteiger partial charge in [-0.1, -0.05) is 18.9 Å². The minimum Gasteiger partial charge on any atom is -0.481 e. The highest BCUT2D eigenvalue weighted by Crippen LogP contribution is 2.43. The molecule has 2 rings (SSSR count). The maximum atomic E-state index is 14.0. The Morgan fingerprint density at radius 2 is 1.63 bits per heavy atom. The molecule has 1 aliphatic rings. The van der Waals surface area contributed by atoms with Gasteiger partial charge in [-0.3, -0.25) is 4.79 Å². The van der Waals surface area contributed by atoms with E-state index in [0.29, 0.717) is 12.8 Å². The molecule has 6 heteroatoms.